The van der Waals surface area contributed by atoms with Crippen molar-refractivity contribution in [3.05, 3.63) is 11.6 Å². The first-order valence-corrected chi connectivity index (χ1v) is 5.25. The molecule has 0 bridgehead atoms. The first-order valence-electron chi connectivity index (χ1n) is 5.25. The van der Waals surface area contributed by atoms with Crippen molar-refractivity contribution in [2.75, 3.05) is 6.61 Å². The molecule has 0 saturated carbocycles. The molecule has 3 heteroatoms. The summed E-state index contributed by atoms with van der Waals surface area (Å²) in [6, 6.07) is 0. The molecule has 0 fully saturated rings. The van der Waals surface area contributed by atoms with Crippen LogP contribution in [0.3, 0.4) is 0 Å². The number of hydrogen-bond donors (Lipinski definition) is 2. The summed E-state index contributed by atoms with van der Waals surface area (Å²) in [6.07, 6.45) is 1.75. The Labute approximate surface area is 91.8 Å². The first-order chi connectivity index (χ1) is 6.72. The maximum absolute atomic E-state index is 10.7. The second-order valence-corrected chi connectivity index (χ2v) is 5.07. The fourth-order valence-corrected chi connectivity index (χ4v) is 1.77. The van der Waals surface area contributed by atoms with Gasteiger partial charge in [0.25, 0.3) is 0 Å². The van der Waals surface area contributed by atoms with Crippen LogP contribution < -0.4 is 0 Å². The fourth-order valence-electron chi connectivity index (χ4n) is 1.77. The van der Waals surface area contributed by atoms with E-state index in [0.29, 0.717) is 11.5 Å². The van der Waals surface area contributed by atoms with E-state index in [4.69, 9.17) is 5.11 Å². The lowest BCUT2D eigenvalue weighted by Gasteiger charge is -2.33. The minimum Gasteiger partial charge on any atom is -0.478 e. The number of carboxylic acids is 1. The van der Waals surface area contributed by atoms with Crippen LogP contribution >= 0.6 is 0 Å². The minimum atomic E-state index is -0.894. The molecule has 0 heterocycles. The van der Waals surface area contributed by atoms with Crippen LogP contribution in [0.2, 0.25) is 0 Å². The lowest BCUT2D eigenvalue weighted by atomic mass is 9.72. The van der Waals surface area contributed by atoms with Crippen molar-refractivity contribution in [1.29, 1.82) is 0 Å². The van der Waals surface area contributed by atoms with E-state index < -0.39 is 5.97 Å². The van der Waals surface area contributed by atoms with Crippen LogP contribution in [0, 0.1) is 17.3 Å². The van der Waals surface area contributed by atoms with Gasteiger partial charge in [-0.15, -0.1) is 0 Å². The first kappa shape index (κ1) is 14.2. The van der Waals surface area contributed by atoms with Crippen molar-refractivity contribution in [3.8, 4) is 0 Å². The molecule has 0 aliphatic rings. The smallest absolute Gasteiger partial charge is 0.330 e. The molecule has 0 radical (unpaired) electrons. The second kappa shape index (κ2) is 5.31. The Morgan fingerprint density at radius 1 is 1.40 bits per heavy atom. The average Bonchev–Trinajstić information content (AvgIpc) is 2.12. The largest absolute Gasteiger partial charge is 0.478 e. The molecule has 0 aliphatic carbocycles. The van der Waals surface area contributed by atoms with Crippen molar-refractivity contribution in [2.24, 2.45) is 17.3 Å². The summed E-state index contributed by atoms with van der Waals surface area (Å²) < 4.78 is 0. The molecule has 0 aromatic carbocycles. The topological polar surface area (TPSA) is 57.5 Å². The van der Waals surface area contributed by atoms with Gasteiger partial charge in [-0.2, -0.15) is 0 Å². The second-order valence-electron chi connectivity index (χ2n) is 5.07. The van der Waals surface area contributed by atoms with E-state index in [2.05, 4.69) is 0 Å². The van der Waals surface area contributed by atoms with E-state index >= 15 is 0 Å². The van der Waals surface area contributed by atoms with Crippen molar-refractivity contribution >= 4 is 5.97 Å². The maximum atomic E-state index is 10.7. The summed E-state index contributed by atoms with van der Waals surface area (Å²) in [7, 11) is 0. The Morgan fingerprint density at radius 2 is 1.87 bits per heavy atom. The molecule has 0 aromatic rings. The minimum absolute atomic E-state index is 0.0548. The molecular formula is C12H22O3. The Bertz CT molecular complexity index is 252. The van der Waals surface area contributed by atoms with Gasteiger partial charge in [0.15, 0.2) is 0 Å². The summed E-state index contributed by atoms with van der Waals surface area (Å²) in [5.41, 5.74) is 0.0560. The van der Waals surface area contributed by atoms with Gasteiger partial charge < -0.3 is 10.2 Å². The highest BCUT2D eigenvalue weighted by Gasteiger charge is 2.30. The average molecular weight is 214 g/mol. The van der Waals surface area contributed by atoms with Crippen LogP contribution in [-0.4, -0.2) is 22.8 Å². The number of carbonyl (C=O) groups is 1. The number of aliphatic hydroxyl groups excluding tert-OH is 1. The van der Waals surface area contributed by atoms with Gasteiger partial charge in [-0.1, -0.05) is 33.8 Å². The molecule has 0 saturated heterocycles. The van der Waals surface area contributed by atoms with Crippen LogP contribution in [0.1, 0.15) is 34.6 Å². The van der Waals surface area contributed by atoms with Gasteiger partial charge in [0.1, 0.15) is 0 Å². The Morgan fingerprint density at radius 3 is 2.13 bits per heavy atom. The number of hydrogen-bond acceptors (Lipinski definition) is 2. The number of aliphatic hydroxyl groups is 1. The van der Waals surface area contributed by atoms with Crippen LogP contribution in [0.5, 0.6) is 0 Å². The molecule has 0 rings (SSSR count). The third-order valence-corrected chi connectivity index (χ3v) is 2.80. The predicted octanol–water partition coefficient (Wildman–Crippen LogP) is 2.31. The predicted molar refractivity (Wildman–Crippen MR) is 60.6 cm³/mol. The van der Waals surface area contributed by atoms with Gasteiger partial charge in [-0.05, 0) is 24.2 Å². The van der Waals surface area contributed by atoms with Crippen molar-refractivity contribution in [3.63, 3.8) is 0 Å². The van der Waals surface area contributed by atoms with E-state index in [1.54, 1.807) is 13.0 Å². The molecular weight excluding hydrogens is 192 g/mol. The van der Waals surface area contributed by atoms with Crippen LogP contribution in [0.15, 0.2) is 11.6 Å². The zero-order valence-electron chi connectivity index (χ0n) is 10.2. The summed E-state index contributed by atoms with van der Waals surface area (Å²) in [6.45, 7) is 9.61. The molecule has 0 aromatic heterocycles. The summed E-state index contributed by atoms with van der Waals surface area (Å²) in [5.74, 6) is -0.519. The lowest BCUT2D eigenvalue weighted by Crippen LogP contribution is -2.30. The Hall–Kier alpha value is -0.830. The molecule has 2 N–H and O–H groups in total. The number of carboxylic acid groups (broad SMARTS) is 1. The van der Waals surface area contributed by atoms with Crippen LogP contribution in [0.25, 0.3) is 0 Å². The highest BCUT2D eigenvalue weighted by atomic mass is 16.4. The van der Waals surface area contributed by atoms with Crippen molar-refractivity contribution < 1.29 is 15.0 Å². The molecule has 15 heavy (non-hydrogen) atoms. The zero-order valence-corrected chi connectivity index (χ0v) is 10.2. The summed E-state index contributed by atoms with van der Waals surface area (Å²) in [4.78, 5) is 10.7. The van der Waals surface area contributed by atoms with Crippen LogP contribution in [-0.2, 0) is 4.79 Å². The van der Waals surface area contributed by atoms with Gasteiger partial charge in [0.2, 0.25) is 0 Å². The molecule has 1 atom stereocenters. The van der Waals surface area contributed by atoms with Crippen molar-refractivity contribution in [1.82, 2.24) is 0 Å². The van der Waals surface area contributed by atoms with Gasteiger partial charge in [-0.3, -0.25) is 0 Å². The van der Waals surface area contributed by atoms with Crippen LogP contribution in [0.4, 0.5) is 0 Å². The Kier molecular flexibility index (Phi) is 5.01. The number of aliphatic carboxylic acids is 1. The van der Waals surface area contributed by atoms with Gasteiger partial charge in [-0.25, -0.2) is 4.79 Å². The summed E-state index contributed by atoms with van der Waals surface area (Å²) in [5, 5.41) is 18.1. The van der Waals surface area contributed by atoms with E-state index in [1.165, 1.54) is 0 Å². The number of allylic oxidation sites excluding steroid dienone is 1. The van der Waals surface area contributed by atoms with E-state index in [-0.39, 0.29) is 17.9 Å². The molecule has 0 amide bonds. The fraction of sp³-hybridized carbons (Fsp3) is 0.750. The molecule has 1 unspecified atom stereocenters. The standard InChI is InChI=1S/C12H22O3/c1-8(2)10(12(4,5)7-13)6-9(3)11(14)15/h6,8,10,13H,7H2,1-5H3,(H,14,15). The van der Waals surface area contributed by atoms with Gasteiger partial charge in [0.05, 0.1) is 0 Å². The van der Waals surface area contributed by atoms with E-state index in [9.17, 15) is 9.90 Å². The SMILES string of the molecule is CC(=CC(C(C)C)C(C)(C)CO)C(=O)O. The van der Waals surface area contributed by atoms with Crippen molar-refractivity contribution in [2.45, 2.75) is 34.6 Å². The third kappa shape index (κ3) is 4.04. The molecule has 88 valence electrons. The Balaban J connectivity index is 5.01. The number of rotatable bonds is 5. The quantitative estimate of drug-likeness (QED) is 0.690. The normalized spacial score (nSPS) is 15.5. The summed E-state index contributed by atoms with van der Waals surface area (Å²) >= 11 is 0. The molecule has 0 aliphatic heterocycles. The van der Waals surface area contributed by atoms with E-state index in [0.717, 1.165) is 0 Å². The highest BCUT2D eigenvalue weighted by Crippen LogP contribution is 2.34. The third-order valence-electron chi connectivity index (χ3n) is 2.80. The maximum Gasteiger partial charge on any atom is 0.330 e. The van der Waals surface area contributed by atoms with Gasteiger partial charge in [0, 0.05) is 12.2 Å². The highest BCUT2D eigenvalue weighted by molar-refractivity contribution is 5.85. The molecule has 0 spiro atoms. The molecule has 3 nitrogen and oxygen atoms in total. The monoisotopic (exact) mass is 214 g/mol. The lowest BCUT2D eigenvalue weighted by molar-refractivity contribution is -0.132. The van der Waals surface area contributed by atoms with E-state index in [1.807, 2.05) is 27.7 Å². The van der Waals surface area contributed by atoms with Gasteiger partial charge >= 0.3 is 5.97 Å². The zero-order chi connectivity index (χ0) is 12.2.